The van der Waals surface area contributed by atoms with Crippen LogP contribution >= 0.6 is 11.6 Å². The number of halogens is 2. The van der Waals surface area contributed by atoms with Crippen LogP contribution < -0.4 is 10.2 Å². The van der Waals surface area contributed by atoms with Crippen molar-refractivity contribution in [1.29, 1.82) is 0 Å². The van der Waals surface area contributed by atoms with E-state index < -0.39 is 0 Å². The van der Waals surface area contributed by atoms with E-state index in [-0.39, 0.29) is 17.6 Å². The molecule has 1 N–H and O–H groups in total. The molecule has 1 fully saturated rings. The number of nitrogens with one attached hydrogen (secondary N) is 1. The topological polar surface area (TPSA) is 24.5 Å². The van der Waals surface area contributed by atoms with Crippen molar-refractivity contribution in [2.24, 2.45) is 0 Å². The summed E-state index contributed by atoms with van der Waals surface area (Å²) in [5.41, 5.74) is 6.23. The molecule has 134 valence electrons. The summed E-state index contributed by atoms with van der Waals surface area (Å²) in [7, 11) is 0. The van der Waals surface area contributed by atoms with Crippen LogP contribution in [0, 0.1) is 5.82 Å². The molecule has 26 heavy (non-hydrogen) atoms. The summed E-state index contributed by atoms with van der Waals surface area (Å²) in [6.07, 6.45) is 7.72. The van der Waals surface area contributed by atoms with Gasteiger partial charge in [-0.2, -0.15) is 5.01 Å². The van der Waals surface area contributed by atoms with E-state index in [2.05, 4.69) is 16.5 Å². The molecule has 0 radical (unpaired) electrons. The number of benzene rings is 2. The zero-order chi connectivity index (χ0) is 17.7. The molecule has 1 spiro atoms. The fourth-order valence-electron chi connectivity index (χ4n) is 4.39. The molecule has 0 saturated heterocycles. The fourth-order valence-corrected chi connectivity index (χ4v) is 4.57. The average molecular weight is 371 g/mol. The zero-order valence-corrected chi connectivity index (χ0v) is 15.1. The number of nitrogens with zero attached hydrogens (tertiary/aromatic N) is 1. The lowest BCUT2D eigenvalue weighted by molar-refractivity contribution is -0.150. The highest BCUT2D eigenvalue weighted by molar-refractivity contribution is 6.30. The van der Waals surface area contributed by atoms with Crippen LogP contribution in [-0.2, 0) is 0 Å². The molecule has 0 unspecified atom stereocenters. The van der Waals surface area contributed by atoms with Gasteiger partial charge in [-0.1, -0.05) is 18.0 Å². The van der Waals surface area contributed by atoms with Crippen molar-refractivity contribution < 1.29 is 9.13 Å². The largest absolute Gasteiger partial charge is 0.471 e. The van der Waals surface area contributed by atoms with Crippen LogP contribution in [0.5, 0.6) is 5.75 Å². The third-order valence-electron chi connectivity index (χ3n) is 5.66. The Morgan fingerprint density at radius 2 is 1.85 bits per heavy atom. The van der Waals surface area contributed by atoms with Gasteiger partial charge in [0.25, 0.3) is 0 Å². The van der Waals surface area contributed by atoms with Gasteiger partial charge >= 0.3 is 0 Å². The van der Waals surface area contributed by atoms with Crippen molar-refractivity contribution in [3.63, 3.8) is 0 Å². The maximum Gasteiger partial charge on any atom is 0.180 e. The maximum atomic E-state index is 13.3. The standard InChI is InChI=1S/C21H20ClFN2O/c22-15-6-9-20-17(12-15)19-13-18(14-4-7-16(23)8-5-14)24-25(19)21(26-20)10-2-1-3-11-21/h4-9,12-13,19,24H,1-3,10-11H2/t19-/m1/s1. The fraction of sp³-hybridized carbons (Fsp3) is 0.333. The van der Waals surface area contributed by atoms with Crippen molar-refractivity contribution >= 4 is 17.3 Å². The second kappa shape index (κ2) is 6.00. The van der Waals surface area contributed by atoms with E-state index in [4.69, 9.17) is 16.3 Å². The summed E-state index contributed by atoms with van der Waals surface area (Å²) in [5, 5.41) is 2.94. The number of hydrazine groups is 1. The van der Waals surface area contributed by atoms with Crippen LogP contribution in [0.25, 0.3) is 5.70 Å². The molecule has 2 aromatic carbocycles. The van der Waals surface area contributed by atoms with E-state index in [9.17, 15) is 4.39 Å². The van der Waals surface area contributed by atoms with Crippen molar-refractivity contribution in [3.05, 3.63) is 70.5 Å². The van der Waals surface area contributed by atoms with E-state index in [1.807, 2.05) is 18.2 Å². The smallest absolute Gasteiger partial charge is 0.180 e. The van der Waals surface area contributed by atoms with Crippen LogP contribution in [0.2, 0.25) is 5.02 Å². The zero-order valence-electron chi connectivity index (χ0n) is 14.3. The minimum absolute atomic E-state index is 0.0515. The van der Waals surface area contributed by atoms with Crippen molar-refractivity contribution in [3.8, 4) is 5.75 Å². The van der Waals surface area contributed by atoms with Crippen molar-refractivity contribution in [2.45, 2.75) is 43.9 Å². The Balaban J connectivity index is 1.60. The highest BCUT2D eigenvalue weighted by Gasteiger charge is 2.50. The van der Waals surface area contributed by atoms with Gasteiger partial charge in [0.1, 0.15) is 11.6 Å². The average Bonchev–Trinajstić information content (AvgIpc) is 3.11. The Bertz CT molecular complexity index is 874. The van der Waals surface area contributed by atoms with Gasteiger partial charge in [0.05, 0.1) is 11.7 Å². The molecule has 2 aliphatic heterocycles. The number of hydrogen-bond donors (Lipinski definition) is 1. The number of ether oxygens (including phenoxy) is 1. The summed E-state index contributed by atoms with van der Waals surface area (Å²) >= 11 is 6.26. The summed E-state index contributed by atoms with van der Waals surface area (Å²) < 4.78 is 19.9. The molecular weight excluding hydrogens is 351 g/mol. The van der Waals surface area contributed by atoms with Crippen LogP contribution in [-0.4, -0.2) is 10.7 Å². The van der Waals surface area contributed by atoms with E-state index in [1.54, 1.807) is 12.1 Å². The molecule has 1 atom stereocenters. The van der Waals surface area contributed by atoms with E-state index in [1.165, 1.54) is 18.6 Å². The second-order valence-corrected chi connectivity index (χ2v) is 7.74. The molecule has 0 amide bonds. The molecule has 5 rings (SSSR count). The van der Waals surface area contributed by atoms with Crippen LogP contribution in [0.4, 0.5) is 4.39 Å². The molecule has 3 nitrogen and oxygen atoms in total. The Morgan fingerprint density at radius 3 is 2.62 bits per heavy atom. The number of rotatable bonds is 1. The van der Waals surface area contributed by atoms with E-state index in [0.717, 1.165) is 48.3 Å². The molecule has 0 aromatic heterocycles. The van der Waals surface area contributed by atoms with E-state index >= 15 is 0 Å². The lowest BCUT2D eigenvalue weighted by Crippen LogP contribution is -2.60. The minimum Gasteiger partial charge on any atom is -0.471 e. The molecule has 2 heterocycles. The van der Waals surface area contributed by atoms with Gasteiger partial charge < -0.3 is 10.2 Å². The predicted octanol–water partition coefficient (Wildman–Crippen LogP) is 5.43. The summed E-state index contributed by atoms with van der Waals surface area (Å²) in [6.45, 7) is 0. The first kappa shape index (κ1) is 16.2. The Hall–Kier alpha value is -2.04. The quantitative estimate of drug-likeness (QED) is 0.724. The van der Waals surface area contributed by atoms with Gasteiger partial charge in [0.15, 0.2) is 5.72 Å². The molecule has 1 saturated carbocycles. The third kappa shape index (κ3) is 2.51. The predicted molar refractivity (Wildman–Crippen MR) is 100.0 cm³/mol. The molecular formula is C21H20ClFN2O. The minimum atomic E-state index is -0.345. The first-order chi connectivity index (χ1) is 12.6. The summed E-state index contributed by atoms with van der Waals surface area (Å²) in [5.74, 6) is 0.685. The molecule has 2 aromatic rings. The highest BCUT2D eigenvalue weighted by Crippen LogP contribution is 2.50. The van der Waals surface area contributed by atoms with Gasteiger partial charge in [-0.05, 0) is 66.9 Å². The molecule has 1 aliphatic carbocycles. The number of fused-ring (bicyclic) bond motifs is 4. The normalized spacial score (nSPS) is 23.6. The van der Waals surface area contributed by atoms with Crippen molar-refractivity contribution in [2.75, 3.05) is 0 Å². The van der Waals surface area contributed by atoms with Gasteiger partial charge in [0, 0.05) is 23.4 Å². The van der Waals surface area contributed by atoms with Gasteiger partial charge in [-0.15, -0.1) is 0 Å². The lowest BCUT2D eigenvalue weighted by atomic mass is 9.87. The highest BCUT2D eigenvalue weighted by atomic mass is 35.5. The van der Waals surface area contributed by atoms with Gasteiger partial charge in [-0.25, -0.2) is 4.39 Å². The first-order valence-electron chi connectivity index (χ1n) is 9.17. The van der Waals surface area contributed by atoms with Crippen LogP contribution in [0.3, 0.4) is 0 Å². The Morgan fingerprint density at radius 1 is 1.08 bits per heavy atom. The summed E-state index contributed by atoms with van der Waals surface area (Å²) in [6, 6.07) is 12.5. The number of hydrogen-bond acceptors (Lipinski definition) is 3. The molecule has 0 bridgehead atoms. The van der Waals surface area contributed by atoms with Crippen LogP contribution in [0.1, 0.15) is 49.3 Å². The van der Waals surface area contributed by atoms with Gasteiger partial charge in [-0.3, -0.25) is 0 Å². The first-order valence-corrected chi connectivity index (χ1v) is 9.55. The summed E-state index contributed by atoms with van der Waals surface area (Å²) in [4.78, 5) is 0. The third-order valence-corrected chi connectivity index (χ3v) is 5.90. The second-order valence-electron chi connectivity index (χ2n) is 7.30. The van der Waals surface area contributed by atoms with Crippen molar-refractivity contribution in [1.82, 2.24) is 10.4 Å². The Labute approximate surface area is 157 Å². The van der Waals surface area contributed by atoms with E-state index in [0.29, 0.717) is 5.02 Å². The lowest BCUT2D eigenvalue weighted by Gasteiger charge is -2.50. The maximum absolute atomic E-state index is 13.3. The van der Waals surface area contributed by atoms with Crippen LogP contribution in [0.15, 0.2) is 48.5 Å². The van der Waals surface area contributed by atoms with Gasteiger partial charge in [0.2, 0.25) is 0 Å². The SMILES string of the molecule is Fc1ccc(C2=C[C@@H]3c4cc(Cl)ccc4OC4(CCCCC4)N3N2)cc1. The molecule has 5 heteroatoms. The monoisotopic (exact) mass is 370 g/mol. The molecule has 3 aliphatic rings. The Kier molecular flexibility index (Phi) is 3.73.